The smallest absolute Gasteiger partial charge is 0.323 e. The largest absolute Gasteiger partial charge is 0.480 e. The minimum absolute atomic E-state index is 0.141. The molecule has 0 unspecified atom stereocenters. The van der Waals surface area contributed by atoms with Crippen molar-refractivity contribution in [2.75, 3.05) is 11.9 Å². The number of amides is 1. The van der Waals surface area contributed by atoms with Gasteiger partial charge in [0.2, 0.25) is 5.91 Å². The van der Waals surface area contributed by atoms with E-state index in [-0.39, 0.29) is 31.0 Å². The van der Waals surface area contributed by atoms with Crippen molar-refractivity contribution in [1.29, 1.82) is 0 Å². The summed E-state index contributed by atoms with van der Waals surface area (Å²) in [6.07, 6.45) is 1.76. The molecule has 0 bridgehead atoms. The highest BCUT2D eigenvalue weighted by atomic mass is 16.4. The maximum absolute atomic E-state index is 13.2. The minimum Gasteiger partial charge on any atom is -0.480 e. The second-order valence-electron chi connectivity index (χ2n) is 9.02. The molecule has 172 valence electrons. The number of hydrogen-bond acceptors (Lipinski definition) is 4. The molecule has 32 heavy (non-hydrogen) atoms. The molecule has 1 aliphatic rings. The number of carbonyl (C=O) groups excluding carboxylic acids is 1. The lowest BCUT2D eigenvalue weighted by molar-refractivity contribution is -0.147. The number of nitrogens with one attached hydrogen (secondary N) is 1. The molecule has 1 aliphatic carbocycles. The molecule has 2 aromatic rings. The van der Waals surface area contributed by atoms with Crippen molar-refractivity contribution in [2.24, 2.45) is 5.92 Å². The van der Waals surface area contributed by atoms with Crippen molar-refractivity contribution < 1.29 is 19.8 Å². The van der Waals surface area contributed by atoms with E-state index in [0.717, 1.165) is 11.3 Å². The van der Waals surface area contributed by atoms with Crippen LogP contribution in [0.5, 0.6) is 0 Å². The molecule has 1 fully saturated rings. The third-order valence-electron chi connectivity index (χ3n) is 6.21. The summed E-state index contributed by atoms with van der Waals surface area (Å²) in [5.41, 5.74) is 3.11. The second-order valence-corrected chi connectivity index (χ2v) is 9.02. The van der Waals surface area contributed by atoms with Crippen molar-refractivity contribution in [3.8, 4) is 0 Å². The third-order valence-corrected chi connectivity index (χ3v) is 6.21. The van der Waals surface area contributed by atoms with Gasteiger partial charge in [0.15, 0.2) is 0 Å². The molecule has 6 nitrogen and oxygen atoms in total. The zero-order chi connectivity index (χ0) is 23.1. The van der Waals surface area contributed by atoms with Crippen LogP contribution in [0, 0.1) is 5.92 Å². The van der Waals surface area contributed by atoms with Crippen LogP contribution in [0.2, 0.25) is 0 Å². The van der Waals surface area contributed by atoms with Gasteiger partial charge in [-0.2, -0.15) is 0 Å². The Morgan fingerprint density at radius 3 is 2.44 bits per heavy atom. The standard InChI is InChI=1S/C26H34N2O4/c1-18(2)21-9-6-10-22(15-21)27-23-13-11-20(12-14-24(23)29)26(32)28(17-25(30)31)16-19-7-4-3-5-8-19/h3-10,15,18,20,23-24,27,29H,11-14,16-17H2,1-2H3,(H,30,31)/t20-,23+,24+/m1/s1. The Morgan fingerprint density at radius 1 is 1.03 bits per heavy atom. The predicted octanol–water partition coefficient (Wildman–Crippen LogP) is 4.26. The first-order valence-corrected chi connectivity index (χ1v) is 11.4. The zero-order valence-corrected chi connectivity index (χ0v) is 18.9. The average Bonchev–Trinajstić information content (AvgIpc) is 2.95. The van der Waals surface area contributed by atoms with Crippen LogP contribution in [-0.4, -0.2) is 45.7 Å². The normalized spacial score (nSPS) is 21.1. The van der Waals surface area contributed by atoms with Crippen molar-refractivity contribution in [2.45, 2.75) is 64.1 Å². The topological polar surface area (TPSA) is 89.9 Å². The number of hydrogen-bond donors (Lipinski definition) is 3. The number of benzene rings is 2. The molecule has 2 aromatic carbocycles. The van der Waals surface area contributed by atoms with Crippen LogP contribution in [-0.2, 0) is 16.1 Å². The van der Waals surface area contributed by atoms with Gasteiger partial charge in [0, 0.05) is 18.2 Å². The summed E-state index contributed by atoms with van der Waals surface area (Å²) in [6.45, 7) is 4.24. The van der Waals surface area contributed by atoms with E-state index in [4.69, 9.17) is 0 Å². The third kappa shape index (κ3) is 6.57. The monoisotopic (exact) mass is 438 g/mol. The molecule has 0 heterocycles. The summed E-state index contributed by atoms with van der Waals surface area (Å²) in [4.78, 5) is 26.1. The van der Waals surface area contributed by atoms with E-state index in [0.29, 0.717) is 31.6 Å². The first-order chi connectivity index (χ1) is 15.3. The van der Waals surface area contributed by atoms with Gasteiger partial charge in [-0.05, 0) is 54.9 Å². The zero-order valence-electron chi connectivity index (χ0n) is 18.9. The number of carboxylic acid groups (broad SMARTS) is 1. The van der Waals surface area contributed by atoms with Crippen LogP contribution in [0.15, 0.2) is 54.6 Å². The molecule has 3 rings (SSSR count). The molecular weight excluding hydrogens is 404 g/mol. The molecule has 0 aromatic heterocycles. The molecule has 3 atom stereocenters. The molecule has 3 N–H and O–H groups in total. The number of carboxylic acids is 1. The molecule has 0 radical (unpaired) electrons. The Bertz CT molecular complexity index is 900. The summed E-state index contributed by atoms with van der Waals surface area (Å²) in [7, 11) is 0. The minimum atomic E-state index is -1.02. The van der Waals surface area contributed by atoms with E-state index < -0.39 is 12.1 Å². The number of aliphatic carboxylic acids is 1. The van der Waals surface area contributed by atoms with Crippen LogP contribution in [0.1, 0.15) is 56.6 Å². The van der Waals surface area contributed by atoms with Gasteiger partial charge in [-0.1, -0.05) is 56.3 Å². The number of aliphatic hydroxyl groups is 1. The van der Waals surface area contributed by atoms with Crippen molar-refractivity contribution >= 4 is 17.6 Å². The van der Waals surface area contributed by atoms with Gasteiger partial charge < -0.3 is 20.4 Å². The van der Waals surface area contributed by atoms with Crippen molar-refractivity contribution in [3.63, 3.8) is 0 Å². The van der Waals surface area contributed by atoms with E-state index in [1.54, 1.807) is 0 Å². The number of carbonyl (C=O) groups is 2. The van der Waals surface area contributed by atoms with Gasteiger partial charge in [-0.25, -0.2) is 0 Å². The Hall–Kier alpha value is -2.86. The molecular formula is C26H34N2O4. The average molecular weight is 439 g/mol. The Morgan fingerprint density at radius 2 is 1.75 bits per heavy atom. The maximum atomic E-state index is 13.2. The van der Waals surface area contributed by atoms with E-state index in [9.17, 15) is 19.8 Å². The summed E-state index contributed by atoms with van der Waals surface area (Å²) in [5, 5.41) is 23.5. The van der Waals surface area contributed by atoms with Gasteiger partial charge in [0.1, 0.15) is 6.54 Å². The molecule has 6 heteroatoms. The van der Waals surface area contributed by atoms with Crippen molar-refractivity contribution in [3.05, 3.63) is 65.7 Å². The van der Waals surface area contributed by atoms with Crippen LogP contribution in [0.4, 0.5) is 5.69 Å². The lowest BCUT2D eigenvalue weighted by Gasteiger charge is -2.26. The van der Waals surface area contributed by atoms with E-state index in [2.05, 4.69) is 31.3 Å². The molecule has 0 spiro atoms. The summed E-state index contributed by atoms with van der Waals surface area (Å²) in [5.74, 6) is -1.04. The van der Waals surface area contributed by atoms with E-state index in [1.165, 1.54) is 10.5 Å². The number of aliphatic hydroxyl groups excluding tert-OH is 1. The summed E-state index contributed by atoms with van der Waals surface area (Å²) >= 11 is 0. The summed E-state index contributed by atoms with van der Waals surface area (Å²) in [6, 6.07) is 17.5. The molecule has 1 saturated carbocycles. The Kier molecular flexibility index (Phi) is 8.28. The maximum Gasteiger partial charge on any atom is 0.323 e. The first kappa shape index (κ1) is 23.8. The fourth-order valence-corrected chi connectivity index (χ4v) is 4.34. The van der Waals surface area contributed by atoms with Gasteiger partial charge in [-0.15, -0.1) is 0 Å². The predicted molar refractivity (Wildman–Crippen MR) is 125 cm³/mol. The molecule has 0 saturated heterocycles. The fourth-order valence-electron chi connectivity index (χ4n) is 4.34. The lowest BCUT2D eigenvalue weighted by Crippen LogP contribution is -2.39. The van der Waals surface area contributed by atoms with E-state index >= 15 is 0 Å². The Labute approximate surface area is 190 Å². The number of nitrogens with zero attached hydrogens (tertiary/aromatic N) is 1. The SMILES string of the molecule is CC(C)c1cccc(N[C@H]2CC[C@@H](C(=O)N(CC(=O)O)Cc3ccccc3)CC[C@@H]2O)c1. The fraction of sp³-hybridized carbons (Fsp3) is 0.462. The summed E-state index contributed by atoms with van der Waals surface area (Å²) < 4.78 is 0. The van der Waals surface area contributed by atoms with Crippen LogP contribution >= 0.6 is 0 Å². The van der Waals surface area contributed by atoms with Crippen molar-refractivity contribution in [1.82, 2.24) is 4.90 Å². The lowest BCUT2D eigenvalue weighted by atomic mass is 9.98. The highest BCUT2D eigenvalue weighted by Gasteiger charge is 2.32. The van der Waals surface area contributed by atoms with Gasteiger partial charge >= 0.3 is 5.97 Å². The number of rotatable bonds is 8. The molecule has 1 amide bonds. The first-order valence-electron chi connectivity index (χ1n) is 11.4. The van der Waals surface area contributed by atoms with Gasteiger partial charge in [0.25, 0.3) is 0 Å². The van der Waals surface area contributed by atoms with Crippen LogP contribution in [0.25, 0.3) is 0 Å². The van der Waals surface area contributed by atoms with Gasteiger partial charge in [-0.3, -0.25) is 9.59 Å². The quantitative estimate of drug-likeness (QED) is 0.536. The molecule has 0 aliphatic heterocycles. The van der Waals surface area contributed by atoms with E-state index in [1.807, 2.05) is 42.5 Å². The Balaban J connectivity index is 1.66. The highest BCUT2D eigenvalue weighted by Crippen LogP contribution is 2.29. The van der Waals surface area contributed by atoms with Gasteiger partial charge in [0.05, 0.1) is 12.1 Å². The number of anilines is 1. The van der Waals surface area contributed by atoms with Crippen LogP contribution < -0.4 is 5.32 Å². The highest BCUT2D eigenvalue weighted by molar-refractivity contribution is 5.83. The van der Waals surface area contributed by atoms with Crippen LogP contribution in [0.3, 0.4) is 0 Å². The second kappa shape index (κ2) is 11.1.